The van der Waals surface area contributed by atoms with Crippen LogP contribution in [0.5, 0.6) is 0 Å². The zero-order valence-electron chi connectivity index (χ0n) is 10.7. The third kappa shape index (κ3) is 3.08. The minimum absolute atomic E-state index is 0.0353. The maximum atomic E-state index is 10.8. The minimum Gasteiger partial charge on any atom is -0.384 e. The molecule has 1 aromatic carbocycles. The van der Waals surface area contributed by atoms with Gasteiger partial charge in [-0.1, -0.05) is 5.16 Å². The summed E-state index contributed by atoms with van der Waals surface area (Å²) in [6.07, 6.45) is 0.509. The van der Waals surface area contributed by atoms with Gasteiger partial charge >= 0.3 is 0 Å². The number of hydrogen-bond acceptors (Lipinski definition) is 7. The number of hydrogen-bond donors (Lipinski definition) is 1. The highest BCUT2D eigenvalue weighted by molar-refractivity contribution is 5.59. The molecule has 0 radical (unpaired) electrons. The Balaban J connectivity index is 2.01. The van der Waals surface area contributed by atoms with Crippen LogP contribution in [0.2, 0.25) is 0 Å². The molecule has 2 rings (SSSR count). The van der Waals surface area contributed by atoms with Gasteiger partial charge in [-0.25, -0.2) is 0 Å². The number of benzene rings is 1. The second kappa shape index (κ2) is 5.79. The standard InChI is InChI=1S/C12H11N5O3/c1-8-15-12(20-16-8)4-5-14-10-3-2-9(7-13)11(6-10)17(18)19/h2-3,6,14H,4-5H2,1H3. The topological polar surface area (TPSA) is 118 Å². The van der Waals surface area contributed by atoms with E-state index in [4.69, 9.17) is 9.78 Å². The lowest BCUT2D eigenvalue weighted by Gasteiger charge is -2.04. The lowest BCUT2D eigenvalue weighted by atomic mass is 10.2. The summed E-state index contributed by atoms with van der Waals surface area (Å²) in [5.74, 6) is 1.06. The number of aromatic nitrogens is 2. The quantitative estimate of drug-likeness (QED) is 0.651. The largest absolute Gasteiger partial charge is 0.384 e. The van der Waals surface area contributed by atoms with Gasteiger partial charge in [-0.3, -0.25) is 10.1 Å². The Morgan fingerprint density at radius 1 is 1.55 bits per heavy atom. The number of nitriles is 1. The summed E-state index contributed by atoms with van der Waals surface area (Å²) >= 11 is 0. The van der Waals surface area contributed by atoms with Gasteiger partial charge in [-0.05, 0) is 19.1 Å². The van der Waals surface area contributed by atoms with E-state index in [1.807, 2.05) is 0 Å². The molecular weight excluding hydrogens is 262 g/mol. The van der Waals surface area contributed by atoms with Gasteiger partial charge in [0, 0.05) is 24.7 Å². The van der Waals surface area contributed by atoms with Crippen molar-refractivity contribution in [3.63, 3.8) is 0 Å². The van der Waals surface area contributed by atoms with Gasteiger partial charge in [0.25, 0.3) is 5.69 Å². The highest BCUT2D eigenvalue weighted by atomic mass is 16.6. The first-order valence-corrected chi connectivity index (χ1v) is 5.82. The Hall–Kier alpha value is -2.95. The predicted octanol–water partition coefficient (Wildman–Crippen LogP) is 1.81. The first-order chi connectivity index (χ1) is 9.60. The molecule has 0 aliphatic heterocycles. The highest BCUT2D eigenvalue weighted by Gasteiger charge is 2.14. The van der Waals surface area contributed by atoms with Crippen LogP contribution in [0.3, 0.4) is 0 Å². The molecule has 0 spiro atoms. The van der Waals surface area contributed by atoms with E-state index in [1.165, 1.54) is 12.1 Å². The molecule has 0 fully saturated rings. The molecule has 1 heterocycles. The molecule has 102 valence electrons. The van der Waals surface area contributed by atoms with Crippen molar-refractivity contribution in [2.75, 3.05) is 11.9 Å². The van der Waals surface area contributed by atoms with Crippen LogP contribution in [0.25, 0.3) is 0 Å². The van der Waals surface area contributed by atoms with Crippen molar-refractivity contribution < 1.29 is 9.45 Å². The molecule has 8 heteroatoms. The second-order valence-corrected chi connectivity index (χ2v) is 4.01. The van der Waals surface area contributed by atoms with E-state index in [2.05, 4.69) is 15.5 Å². The summed E-state index contributed by atoms with van der Waals surface area (Å²) in [7, 11) is 0. The molecule has 0 saturated carbocycles. The molecule has 0 aliphatic rings. The summed E-state index contributed by atoms with van der Waals surface area (Å²) in [6.45, 7) is 2.22. The summed E-state index contributed by atoms with van der Waals surface area (Å²) in [6, 6.07) is 6.15. The van der Waals surface area contributed by atoms with Crippen LogP contribution in [0, 0.1) is 28.4 Å². The second-order valence-electron chi connectivity index (χ2n) is 4.01. The summed E-state index contributed by atoms with van der Waals surface area (Å²) in [5, 5.41) is 26.3. The first-order valence-electron chi connectivity index (χ1n) is 5.82. The number of aryl methyl sites for hydroxylation is 1. The van der Waals surface area contributed by atoms with Crippen LogP contribution in [-0.2, 0) is 6.42 Å². The third-order valence-electron chi connectivity index (χ3n) is 2.55. The smallest absolute Gasteiger partial charge is 0.289 e. The van der Waals surface area contributed by atoms with Crippen LogP contribution >= 0.6 is 0 Å². The van der Waals surface area contributed by atoms with Crippen molar-refractivity contribution in [3.8, 4) is 6.07 Å². The highest BCUT2D eigenvalue weighted by Crippen LogP contribution is 2.22. The number of nitrogens with one attached hydrogen (secondary N) is 1. The van der Waals surface area contributed by atoms with Crippen molar-refractivity contribution in [1.29, 1.82) is 5.26 Å². The number of nitro benzene ring substituents is 1. The molecule has 0 atom stereocenters. The molecule has 1 N–H and O–H groups in total. The molecule has 0 saturated heterocycles. The van der Waals surface area contributed by atoms with Crippen molar-refractivity contribution in [3.05, 3.63) is 45.6 Å². The number of anilines is 1. The predicted molar refractivity (Wildman–Crippen MR) is 69.0 cm³/mol. The Labute approximate surface area is 114 Å². The van der Waals surface area contributed by atoms with E-state index in [9.17, 15) is 10.1 Å². The molecule has 8 nitrogen and oxygen atoms in total. The molecule has 0 unspecified atom stereocenters. The van der Waals surface area contributed by atoms with Crippen molar-refractivity contribution in [2.45, 2.75) is 13.3 Å². The van der Waals surface area contributed by atoms with E-state index >= 15 is 0 Å². The fourth-order valence-corrected chi connectivity index (χ4v) is 1.64. The molecular formula is C12H11N5O3. The monoisotopic (exact) mass is 273 g/mol. The molecule has 1 aromatic heterocycles. The average molecular weight is 273 g/mol. The lowest BCUT2D eigenvalue weighted by Crippen LogP contribution is -2.05. The van der Waals surface area contributed by atoms with Gasteiger partial charge in [-0.15, -0.1) is 0 Å². The van der Waals surface area contributed by atoms with Crippen LogP contribution in [-0.4, -0.2) is 21.6 Å². The van der Waals surface area contributed by atoms with Gasteiger partial charge in [0.05, 0.1) is 4.92 Å². The number of rotatable bonds is 5. The Kier molecular flexibility index (Phi) is 3.91. The van der Waals surface area contributed by atoms with Crippen LogP contribution in [0.1, 0.15) is 17.3 Å². The number of nitrogens with zero attached hydrogens (tertiary/aromatic N) is 4. The number of nitro groups is 1. The maximum absolute atomic E-state index is 10.8. The van der Waals surface area contributed by atoms with Gasteiger partial charge < -0.3 is 9.84 Å². The zero-order valence-corrected chi connectivity index (χ0v) is 10.7. The van der Waals surface area contributed by atoms with Crippen molar-refractivity contribution in [1.82, 2.24) is 10.1 Å². The third-order valence-corrected chi connectivity index (χ3v) is 2.55. The SMILES string of the molecule is Cc1noc(CCNc2ccc(C#N)c([N+](=O)[O-])c2)n1. The van der Waals surface area contributed by atoms with Crippen LogP contribution < -0.4 is 5.32 Å². The Morgan fingerprint density at radius 3 is 2.95 bits per heavy atom. The van der Waals surface area contributed by atoms with Crippen molar-refractivity contribution in [2.24, 2.45) is 0 Å². The minimum atomic E-state index is -0.578. The van der Waals surface area contributed by atoms with E-state index in [1.54, 1.807) is 19.1 Å². The van der Waals surface area contributed by atoms with Gasteiger partial charge in [0.1, 0.15) is 11.6 Å². The summed E-state index contributed by atoms with van der Waals surface area (Å²) in [5.41, 5.74) is 0.381. The molecule has 20 heavy (non-hydrogen) atoms. The van der Waals surface area contributed by atoms with E-state index in [-0.39, 0.29) is 11.3 Å². The Morgan fingerprint density at radius 2 is 2.35 bits per heavy atom. The van der Waals surface area contributed by atoms with Gasteiger partial charge in [0.2, 0.25) is 5.89 Å². The van der Waals surface area contributed by atoms with Gasteiger partial charge in [-0.2, -0.15) is 10.2 Å². The molecule has 0 aliphatic carbocycles. The van der Waals surface area contributed by atoms with Crippen molar-refractivity contribution >= 4 is 11.4 Å². The molecule has 0 bridgehead atoms. The average Bonchev–Trinajstić information content (AvgIpc) is 2.84. The fraction of sp³-hybridized carbons (Fsp3) is 0.250. The summed E-state index contributed by atoms with van der Waals surface area (Å²) in [4.78, 5) is 14.3. The fourth-order valence-electron chi connectivity index (χ4n) is 1.64. The first kappa shape index (κ1) is 13.5. The Bertz CT molecular complexity index is 674. The van der Waals surface area contributed by atoms with Gasteiger partial charge in [0.15, 0.2) is 5.82 Å². The van der Waals surface area contributed by atoms with Crippen LogP contribution in [0.4, 0.5) is 11.4 Å². The zero-order chi connectivity index (χ0) is 14.5. The van der Waals surface area contributed by atoms with E-state index < -0.39 is 4.92 Å². The van der Waals surface area contributed by atoms with E-state index in [0.717, 1.165) is 0 Å². The summed E-state index contributed by atoms with van der Waals surface area (Å²) < 4.78 is 4.95. The molecule has 0 amide bonds. The van der Waals surface area contributed by atoms with E-state index in [0.29, 0.717) is 30.4 Å². The maximum Gasteiger partial charge on any atom is 0.289 e. The lowest BCUT2D eigenvalue weighted by molar-refractivity contribution is -0.385. The van der Waals surface area contributed by atoms with Crippen LogP contribution in [0.15, 0.2) is 22.7 Å². The molecule has 2 aromatic rings. The normalized spacial score (nSPS) is 10.0.